The van der Waals surface area contributed by atoms with Gasteiger partial charge in [-0.3, -0.25) is 0 Å². The van der Waals surface area contributed by atoms with Gasteiger partial charge in [0, 0.05) is 0 Å². The van der Waals surface area contributed by atoms with E-state index in [-0.39, 0.29) is 33.9 Å². The minimum atomic E-state index is -0.564. The number of fused-ring (bicyclic) bond motifs is 5. The van der Waals surface area contributed by atoms with Crippen LogP contribution in [0.25, 0.3) is 0 Å². The van der Waals surface area contributed by atoms with Gasteiger partial charge in [-0.05, 0) is 116 Å². The van der Waals surface area contributed by atoms with Crippen LogP contribution in [0.2, 0.25) is 0 Å². The molecule has 0 saturated heterocycles. The van der Waals surface area contributed by atoms with E-state index in [9.17, 15) is 15.3 Å². The van der Waals surface area contributed by atoms with Gasteiger partial charge < -0.3 is 15.3 Å². The van der Waals surface area contributed by atoms with Crippen molar-refractivity contribution in [1.82, 2.24) is 0 Å². The molecule has 4 fully saturated rings. The largest absolute Gasteiger partial charge is 0.393 e. The maximum atomic E-state index is 11.7. The van der Waals surface area contributed by atoms with E-state index in [4.69, 9.17) is 0 Å². The lowest BCUT2D eigenvalue weighted by molar-refractivity contribution is -0.234. The van der Waals surface area contributed by atoms with Gasteiger partial charge in [0.1, 0.15) is 0 Å². The summed E-state index contributed by atoms with van der Waals surface area (Å²) in [7, 11) is 0. The van der Waals surface area contributed by atoms with Crippen molar-refractivity contribution in [3.8, 4) is 0 Å². The van der Waals surface area contributed by atoms with Gasteiger partial charge in [-0.25, -0.2) is 0 Å². The highest BCUT2D eigenvalue weighted by Gasteiger charge is 2.69. The molecule has 3 heteroatoms. The number of hydrogen-bond donors (Lipinski definition) is 3. The summed E-state index contributed by atoms with van der Waals surface area (Å²) in [6.45, 7) is 18.5. The van der Waals surface area contributed by atoms with Gasteiger partial charge in [-0.1, -0.05) is 54.4 Å². The topological polar surface area (TPSA) is 60.7 Å². The lowest BCUT2D eigenvalue weighted by Gasteiger charge is -2.68. The average molecular weight is 463 g/mol. The van der Waals surface area contributed by atoms with E-state index in [2.05, 4.69) is 41.5 Å². The van der Waals surface area contributed by atoms with Crippen LogP contribution >= 0.6 is 0 Å². The van der Waals surface area contributed by atoms with Crippen molar-refractivity contribution >= 4 is 0 Å². The van der Waals surface area contributed by atoms with Gasteiger partial charge in [0.25, 0.3) is 0 Å². The molecule has 33 heavy (non-hydrogen) atoms. The van der Waals surface area contributed by atoms with Crippen LogP contribution in [0.15, 0.2) is 0 Å². The second-order valence-electron chi connectivity index (χ2n) is 15.1. The summed E-state index contributed by atoms with van der Waals surface area (Å²) in [5.41, 5.74) is 0.0293. The molecule has 0 heterocycles. The Morgan fingerprint density at radius 1 is 0.909 bits per heavy atom. The molecular weight excluding hydrogens is 408 g/mol. The molecule has 3 nitrogen and oxygen atoms in total. The summed E-state index contributed by atoms with van der Waals surface area (Å²) in [5, 5.41) is 32.7. The number of hydrogen-bond acceptors (Lipinski definition) is 3. The lowest BCUT2D eigenvalue weighted by Crippen LogP contribution is -2.65. The average Bonchev–Trinajstić information content (AvgIpc) is 2.97. The zero-order valence-electron chi connectivity index (χ0n) is 23.0. The van der Waals surface area contributed by atoms with Crippen molar-refractivity contribution < 1.29 is 15.3 Å². The van der Waals surface area contributed by atoms with Gasteiger partial charge in [0.2, 0.25) is 0 Å². The molecular formula is C30H54O3. The molecule has 4 saturated carbocycles. The molecule has 2 unspecified atom stereocenters. The molecule has 0 aromatic rings. The number of aliphatic hydroxyl groups excluding tert-OH is 2. The van der Waals surface area contributed by atoms with Crippen LogP contribution in [-0.4, -0.2) is 33.1 Å². The maximum Gasteiger partial charge on any atom is 0.0594 e. The fraction of sp³-hybridized carbons (Fsp3) is 1.00. The summed E-state index contributed by atoms with van der Waals surface area (Å²) in [6.07, 6.45) is 10.6. The Hall–Kier alpha value is -0.120. The maximum absolute atomic E-state index is 11.7. The third kappa shape index (κ3) is 3.86. The first-order valence-electron chi connectivity index (χ1n) is 14.2. The Bertz CT molecular complexity index is 725. The molecule has 0 aromatic carbocycles. The van der Waals surface area contributed by atoms with Crippen molar-refractivity contribution in [3.63, 3.8) is 0 Å². The monoisotopic (exact) mass is 462 g/mol. The molecule has 4 aliphatic carbocycles. The standard InChI is InChI=1S/C30H54O3/c1-19(10-9-14-26(2,3)33)20-11-17-30(8)25-21(12-16-29(20,30)7)28(6)15-13-24(32)27(4,5)23(28)18-22(25)31/h19-25,31-33H,9-18H2,1-8H3/t19-,20-,21?,22?,23+,24+,25+,28-,29-,30+/m1/s1. The van der Waals surface area contributed by atoms with Crippen LogP contribution in [0.5, 0.6) is 0 Å². The zero-order chi connectivity index (χ0) is 24.6. The van der Waals surface area contributed by atoms with E-state index in [0.717, 1.165) is 32.1 Å². The molecule has 0 spiro atoms. The van der Waals surface area contributed by atoms with Gasteiger partial charge >= 0.3 is 0 Å². The zero-order valence-corrected chi connectivity index (χ0v) is 23.0. The van der Waals surface area contributed by atoms with Crippen molar-refractivity contribution in [2.75, 3.05) is 0 Å². The first-order valence-corrected chi connectivity index (χ1v) is 14.2. The smallest absolute Gasteiger partial charge is 0.0594 e. The van der Waals surface area contributed by atoms with Crippen LogP contribution in [0, 0.1) is 51.2 Å². The second kappa shape index (κ2) is 8.20. The first-order chi connectivity index (χ1) is 15.1. The Morgan fingerprint density at radius 2 is 1.55 bits per heavy atom. The van der Waals surface area contributed by atoms with Crippen LogP contribution in [0.4, 0.5) is 0 Å². The summed E-state index contributed by atoms with van der Waals surface area (Å²) < 4.78 is 0. The van der Waals surface area contributed by atoms with E-state index < -0.39 is 5.60 Å². The fourth-order valence-corrected chi connectivity index (χ4v) is 10.5. The molecule has 4 rings (SSSR count). The summed E-state index contributed by atoms with van der Waals surface area (Å²) in [5.74, 6) is 2.74. The molecule has 3 N–H and O–H groups in total. The SMILES string of the molecule is C[C@H](CCCC(C)(C)O)[C@H]1CC[C@@]2(C)[C@@H]3C(O)C[C@H]4C(C)(C)[C@@H](O)CC[C@]4(C)C3CC[C@]12C. The Labute approximate surface area is 204 Å². The highest BCUT2D eigenvalue weighted by Crippen LogP contribution is 2.74. The lowest BCUT2D eigenvalue weighted by atomic mass is 9.37. The van der Waals surface area contributed by atoms with E-state index in [0.29, 0.717) is 29.6 Å². The fourth-order valence-electron chi connectivity index (χ4n) is 10.5. The summed E-state index contributed by atoms with van der Waals surface area (Å²) in [4.78, 5) is 0. The molecule has 0 amide bonds. The van der Waals surface area contributed by atoms with Crippen molar-refractivity contribution in [2.45, 2.75) is 137 Å². The number of rotatable bonds is 5. The second-order valence-corrected chi connectivity index (χ2v) is 15.1. The molecule has 0 aliphatic heterocycles. The highest BCUT2D eigenvalue weighted by atomic mass is 16.3. The highest BCUT2D eigenvalue weighted by molar-refractivity contribution is 5.18. The number of aliphatic hydroxyl groups is 3. The summed E-state index contributed by atoms with van der Waals surface area (Å²) >= 11 is 0. The molecule has 192 valence electrons. The van der Waals surface area contributed by atoms with E-state index >= 15 is 0 Å². The van der Waals surface area contributed by atoms with Crippen LogP contribution < -0.4 is 0 Å². The molecule has 4 aliphatic rings. The predicted molar refractivity (Wildman–Crippen MR) is 136 cm³/mol. The quantitative estimate of drug-likeness (QED) is 0.432. The van der Waals surface area contributed by atoms with Gasteiger partial charge in [-0.15, -0.1) is 0 Å². The van der Waals surface area contributed by atoms with E-state index in [1.165, 1.54) is 32.1 Å². The van der Waals surface area contributed by atoms with Crippen molar-refractivity contribution in [1.29, 1.82) is 0 Å². The summed E-state index contributed by atoms with van der Waals surface area (Å²) in [6, 6.07) is 0. The third-order valence-electron chi connectivity index (χ3n) is 12.6. The third-order valence-corrected chi connectivity index (χ3v) is 12.6. The van der Waals surface area contributed by atoms with E-state index in [1.54, 1.807) is 0 Å². The van der Waals surface area contributed by atoms with Crippen molar-refractivity contribution in [3.05, 3.63) is 0 Å². The Kier molecular flexibility index (Phi) is 6.45. The van der Waals surface area contributed by atoms with Crippen LogP contribution in [0.1, 0.15) is 120 Å². The van der Waals surface area contributed by atoms with Gasteiger partial charge in [0.15, 0.2) is 0 Å². The Balaban J connectivity index is 1.58. The minimum absolute atomic E-state index is 0.117. The van der Waals surface area contributed by atoms with Gasteiger partial charge in [0.05, 0.1) is 17.8 Å². The van der Waals surface area contributed by atoms with Gasteiger partial charge in [-0.2, -0.15) is 0 Å². The molecule has 0 aromatic heterocycles. The van der Waals surface area contributed by atoms with Crippen molar-refractivity contribution in [2.24, 2.45) is 51.2 Å². The van der Waals surface area contributed by atoms with E-state index in [1.807, 2.05) is 13.8 Å². The minimum Gasteiger partial charge on any atom is -0.393 e. The predicted octanol–water partition coefficient (Wildman–Crippen LogP) is 6.58. The van der Waals surface area contributed by atoms with Crippen LogP contribution in [-0.2, 0) is 0 Å². The van der Waals surface area contributed by atoms with Crippen LogP contribution in [0.3, 0.4) is 0 Å². The molecule has 0 radical (unpaired) electrons. The Morgan fingerprint density at radius 3 is 2.18 bits per heavy atom. The first kappa shape index (κ1) is 26.0. The normalized spacial score (nSPS) is 50.3. The molecule has 0 bridgehead atoms. The molecule has 10 atom stereocenters.